The van der Waals surface area contributed by atoms with Crippen LogP contribution in [0.4, 0.5) is 10.2 Å². The highest BCUT2D eigenvalue weighted by Gasteiger charge is 2.21. The Labute approximate surface area is 140 Å². The van der Waals surface area contributed by atoms with E-state index in [1.165, 1.54) is 18.5 Å². The van der Waals surface area contributed by atoms with E-state index in [0.717, 1.165) is 12.8 Å². The van der Waals surface area contributed by atoms with Crippen LogP contribution in [0.3, 0.4) is 0 Å². The molecule has 0 amide bonds. The van der Waals surface area contributed by atoms with Gasteiger partial charge in [0.1, 0.15) is 18.0 Å². The van der Waals surface area contributed by atoms with Crippen molar-refractivity contribution in [1.82, 2.24) is 15.4 Å². The molecule has 0 bridgehead atoms. The van der Waals surface area contributed by atoms with Gasteiger partial charge in [-0.2, -0.15) is 5.10 Å². The Hall–Kier alpha value is -2.48. The second kappa shape index (κ2) is 7.39. The second-order valence-corrected chi connectivity index (χ2v) is 6.84. The van der Waals surface area contributed by atoms with Gasteiger partial charge in [0.05, 0.1) is 11.6 Å². The van der Waals surface area contributed by atoms with Gasteiger partial charge in [-0.3, -0.25) is 0 Å². The molecule has 1 aromatic carbocycles. The van der Waals surface area contributed by atoms with E-state index in [4.69, 9.17) is 11.7 Å². The van der Waals surface area contributed by atoms with E-state index in [1.54, 1.807) is 6.07 Å². The van der Waals surface area contributed by atoms with Crippen LogP contribution in [0.5, 0.6) is 0 Å². The molecule has 1 aromatic heterocycles. The van der Waals surface area contributed by atoms with Gasteiger partial charge in [0.15, 0.2) is 5.84 Å². The molecule has 1 unspecified atom stereocenters. The summed E-state index contributed by atoms with van der Waals surface area (Å²) in [6.07, 6.45) is 3.06. The third-order valence-electron chi connectivity index (χ3n) is 3.71. The van der Waals surface area contributed by atoms with Gasteiger partial charge >= 0.3 is 0 Å². The summed E-state index contributed by atoms with van der Waals surface area (Å²) in [7, 11) is 0. The number of halogens is 1. The van der Waals surface area contributed by atoms with E-state index in [2.05, 4.69) is 46.6 Å². The van der Waals surface area contributed by atoms with Crippen LogP contribution in [-0.4, -0.2) is 21.8 Å². The number of hydrogen-bond acceptors (Lipinski definition) is 6. The highest BCUT2D eigenvalue weighted by molar-refractivity contribution is 5.93. The predicted octanol–water partition coefficient (Wildman–Crippen LogP) is 2.11. The molecular formula is C16H24FN7. The van der Waals surface area contributed by atoms with Crippen molar-refractivity contribution in [3.63, 3.8) is 0 Å². The van der Waals surface area contributed by atoms with Crippen LogP contribution < -0.4 is 22.4 Å². The molecule has 7 nitrogen and oxygen atoms in total. The molecule has 2 rings (SSSR count). The molecular weight excluding hydrogens is 309 g/mol. The summed E-state index contributed by atoms with van der Waals surface area (Å²) in [6, 6.07) is 4.14. The molecule has 0 aliphatic rings. The summed E-state index contributed by atoms with van der Waals surface area (Å²) in [5.41, 5.74) is 3.19. The molecule has 130 valence electrons. The van der Waals surface area contributed by atoms with Crippen LogP contribution in [0.25, 0.3) is 10.9 Å². The Kier molecular flexibility index (Phi) is 5.50. The molecule has 1 heterocycles. The number of nitrogens with zero attached hydrogens (tertiary/aromatic N) is 3. The number of benzene rings is 1. The van der Waals surface area contributed by atoms with Crippen molar-refractivity contribution in [2.24, 2.45) is 22.2 Å². The Morgan fingerprint density at radius 2 is 2.08 bits per heavy atom. The lowest BCUT2D eigenvalue weighted by Gasteiger charge is -2.25. The number of anilines is 1. The Bertz CT molecular complexity index is 724. The summed E-state index contributed by atoms with van der Waals surface area (Å²) < 4.78 is 13.4. The minimum absolute atomic E-state index is 0.144. The molecule has 24 heavy (non-hydrogen) atoms. The van der Waals surface area contributed by atoms with Crippen LogP contribution in [0.15, 0.2) is 29.6 Å². The highest BCUT2D eigenvalue weighted by Crippen LogP contribution is 2.25. The van der Waals surface area contributed by atoms with Crippen molar-refractivity contribution in [3.8, 4) is 0 Å². The minimum atomic E-state index is -0.343. The van der Waals surface area contributed by atoms with E-state index in [0.29, 0.717) is 22.6 Å². The highest BCUT2D eigenvalue weighted by atomic mass is 19.1. The van der Waals surface area contributed by atoms with Crippen LogP contribution in [0, 0.1) is 11.2 Å². The molecule has 2 aromatic rings. The smallest absolute Gasteiger partial charge is 0.158 e. The lowest BCUT2D eigenvalue weighted by atomic mass is 9.88. The van der Waals surface area contributed by atoms with E-state index in [9.17, 15) is 4.39 Å². The van der Waals surface area contributed by atoms with Crippen LogP contribution in [-0.2, 0) is 0 Å². The zero-order valence-corrected chi connectivity index (χ0v) is 14.2. The summed E-state index contributed by atoms with van der Waals surface area (Å²) >= 11 is 0. The molecule has 0 saturated heterocycles. The molecule has 1 atom stereocenters. The first-order chi connectivity index (χ1) is 11.3. The first kappa shape index (κ1) is 17.9. The molecule has 6 N–H and O–H groups in total. The lowest BCUT2D eigenvalue weighted by Crippen LogP contribution is -2.44. The molecule has 8 heteroatoms. The van der Waals surface area contributed by atoms with Crippen molar-refractivity contribution in [1.29, 1.82) is 0 Å². The van der Waals surface area contributed by atoms with Gasteiger partial charge in [0.2, 0.25) is 0 Å². The van der Waals surface area contributed by atoms with Crippen LogP contribution in [0.2, 0.25) is 0 Å². The quantitative estimate of drug-likeness (QED) is 0.288. The molecule has 0 radical (unpaired) electrons. The number of nitrogens with one attached hydrogen (secondary N) is 2. The molecule has 0 spiro atoms. The SMILES string of the molecule is CC(C)(C)CCC(Nc1ncnc2cc(F)ccc12)/C(=N/N)NN. The number of amidine groups is 1. The fourth-order valence-electron chi connectivity index (χ4n) is 2.39. The van der Waals surface area contributed by atoms with Gasteiger partial charge in [-0.25, -0.2) is 20.2 Å². The van der Waals surface area contributed by atoms with Gasteiger partial charge in [0.25, 0.3) is 0 Å². The summed E-state index contributed by atoms with van der Waals surface area (Å²) in [5.74, 6) is 11.6. The Morgan fingerprint density at radius 3 is 2.71 bits per heavy atom. The third kappa shape index (κ3) is 4.51. The molecule has 0 aliphatic carbocycles. The summed E-state index contributed by atoms with van der Waals surface area (Å²) in [4.78, 5) is 8.36. The predicted molar refractivity (Wildman–Crippen MR) is 94.5 cm³/mol. The monoisotopic (exact) mass is 333 g/mol. The maximum absolute atomic E-state index is 13.4. The molecule has 0 aliphatic heterocycles. The fourth-order valence-corrected chi connectivity index (χ4v) is 2.39. The number of hydrazine groups is 1. The van der Waals surface area contributed by atoms with E-state index in [-0.39, 0.29) is 17.3 Å². The zero-order valence-electron chi connectivity index (χ0n) is 14.2. The van der Waals surface area contributed by atoms with Gasteiger partial charge in [-0.1, -0.05) is 20.8 Å². The minimum Gasteiger partial charge on any atom is -0.359 e. The summed E-state index contributed by atoms with van der Waals surface area (Å²) in [6.45, 7) is 6.46. The second-order valence-electron chi connectivity index (χ2n) is 6.84. The first-order valence-electron chi connectivity index (χ1n) is 7.75. The average molecular weight is 333 g/mol. The van der Waals surface area contributed by atoms with Crippen molar-refractivity contribution in [2.75, 3.05) is 5.32 Å². The number of hydrazone groups is 1. The van der Waals surface area contributed by atoms with E-state index >= 15 is 0 Å². The molecule has 0 fully saturated rings. The Morgan fingerprint density at radius 1 is 1.33 bits per heavy atom. The topological polar surface area (TPSA) is 114 Å². The number of rotatable bonds is 5. The third-order valence-corrected chi connectivity index (χ3v) is 3.71. The average Bonchev–Trinajstić information content (AvgIpc) is 2.52. The zero-order chi connectivity index (χ0) is 17.7. The van der Waals surface area contributed by atoms with Crippen molar-refractivity contribution in [2.45, 2.75) is 39.7 Å². The number of nitrogens with two attached hydrogens (primary N) is 2. The Balaban J connectivity index is 2.32. The maximum atomic E-state index is 13.4. The van der Waals surface area contributed by atoms with Gasteiger partial charge < -0.3 is 16.6 Å². The fraction of sp³-hybridized carbons (Fsp3) is 0.438. The van der Waals surface area contributed by atoms with Crippen LogP contribution in [0.1, 0.15) is 33.6 Å². The lowest BCUT2D eigenvalue weighted by molar-refractivity contribution is 0.363. The van der Waals surface area contributed by atoms with Crippen molar-refractivity contribution < 1.29 is 4.39 Å². The number of aromatic nitrogens is 2. The van der Waals surface area contributed by atoms with E-state index in [1.807, 2.05) is 0 Å². The van der Waals surface area contributed by atoms with Gasteiger partial charge in [0, 0.05) is 11.5 Å². The van der Waals surface area contributed by atoms with Gasteiger partial charge in [-0.15, -0.1) is 0 Å². The van der Waals surface area contributed by atoms with Crippen LogP contribution >= 0.6 is 0 Å². The largest absolute Gasteiger partial charge is 0.359 e. The normalized spacial score (nSPS) is 13.8. The van der Waals surface area contributed by atoms with Crippen molar-refractivity contribution in [3.05, 3.63) is 30.3 Å². The number of fused-ring (bicyclic) bond motifs is 1. The standard InChI is InChI=1S/C16H24FN7/c1-16(2,3)7-6-12(15(23-18)24-19)22-14-11-5-4-10(17)8-13(11)20-9-21-14/h4-5,8-9,12H,6-7,18-19H2,1-3H3,(H,23,24)(H,20,21,22). The van der Waals surface area contributed by atoms with Crippen molar-refractivity contribution >= 4 is 22.6 Å². The van der Waals surface area contributed by atoms with Gasteiger partial charge in [-0.05, 0) is 30.4 Å². The van der Waals surface area contributed by atoms with E-state index < -0.39 is 0 Å². The first-order valence-corrected chi connectivity index (χ1v) is 7.75. The number of hydrogen-bond donors (Lipinski definition) is 4. The molecule has 0 saturated carbocycles. The maximum Gasteiger partial charge on any atom is 0.158 e. The summed E-state index contributed by atoms with van der Waals surface area (Å²) in [5, 5.41) is 7.72.